The number of ether oxygens (including phenoxy) is 3. The average Bonchev–Trinajstić information content (AvgIpc) is 3.30. The van der Waals surface area contributed by atoms with Gasteiger partial charge in [-0.2, -0.15) is 0 Å². The number of para-hydroxylation sites is 1. The van der Waals surface area contributed by atoms with Gasteiger partial charge in [0, 0.05) is 12.6 Å². The second-order valence-corrected chi connectivity index (χ2v) is 8.79. The number of nitrogens with one attached hydrogen (secondary N) is 2. The fourth-order valence-electron chi connectivity index (χ4n) is 2.98. The van der Waals surface area contributed by atoms with Crippen LogP contribution in [0.3, 0.4) is 0 Å². The molecule has 3 rings (SSSR count). The van der Waals surface area contributed by atoms with Gasteiger partial charge >= 0.3 is 11.7 Å². The van der Waals surface area contributed by atoms with Crippen LogP contribution < -0.4 is 20.9 Å². The number of rotatable bonds is 10. The molecule has 34 heavy (non-hydrogen) atoms. The number of carbonyl (C=O) groups excluding carboxylic acids is 1. The maximum absolute atomic E-state index is 12.1. The molecule has 0 saturated carbocycles. The minimum Gasteiger partial charge on any atom is -0.465 e. The lowest BCUT2D eigenvalue weighted by Gasteiger charge is -2.24. The SMILES string of the molecule is CC.CCOC(=O)C(C)NP(COC1CCC(n2cc(Cl)c(=O)[nH]c2=O)O1)Oc1ccccc1. The highest BCUT2D eigenvalue weighted by Crippen LogP contribution is 2.37. The summed E-state index contributed by atoms with van der Waals surface area (Å²) in [6.45, 7) is 7.71. The van der Waals surface area contributed by atoms with Crippen molar-refractivity contribution in [3.8, 4) is 5.75 Å². The van der Waals surface area contributed by atoms with E-state index < -0.39 is 38.1 Å². The third kappa shape index (κ3) is 8.21. The van der Waals surface area contributed by atoms with Crippen LogP contribution in [0.25, 0.3) is 0 Å². The van der Waals surface area contributed by atoms with Crippen LogP contribution in [0.2, 0.25) is 5.02 Å². The summed E-state index contributed by atoms with van der Waals surface area (Å²) >= 11 is 5.83. The molecule has 0 aliphatic carbocycles. The van der Waals surface area contributed by atoms with E-state index in [2.05, 4.69) is 10.1 Å². The first-order valence-electron chi connectivity index (χ1n) is 11.1. The number of nitrogens with zero attached hydrogens (tertiary/aromatic N) is 1. The molecular weight excluding hydrogens is 485 g/mol. The number of esters is 1. The number of halogens is 1. The molecule has 1 fully saturated rings. The summed E-state index contributed by atoms with van der Waals surface area (Å²) < 4.78 is 23.9. The first-order valence-corrected chi connectivity index (χ1v) is 12.9. The normalized spacial score (nSPS) is 19.0. The molecule has 1 saturated heterocycles. The van der Waals surface area contributed by atoms with E-state index in [1.807, 2.05) is 32.0 Å². The van der Waals surface area contributed by atoms with Gasteiger partial charge in [0.15, 0.2) is 14.6 Å². The van der Waals surface area contributed by atoms with Gasteiger partial charge in [0.2, 0.25) is 0 Å². The number of aromatic amines is 1. The monoisotopic (exact) mass is 515 g/mol. The van der Waals surface area contributed by atoms with Crippen molar-refractivity contribution in [2.45, 2.75) is 59.1 Å². The van der Waals surface area contributed by atoms with E-state index in [4.69, 9.17) is 30.3 Å². The molecule has 2 heterocycles. The van der Waals surface area contributed by atoms with Crippen LogP contribution in [0.15, 0.2) is 46.1 Å². The third-order valence-electron chi connectivity index (χ3n) is 4.51. The van der Waals surface area contributed by atoms with Crippen LogP contribution in [0.4, 0.5) is 0 Å². The molecular formula is C22H31ClN3O7P. The lowest BCUT2D eigenvalue weighted by Crippen LogP contribution is -2.34. The number of aromatic nitrogens is 2. The summed E-state index contributed by atoms with van der Waals surface area (Å²) in [5.74, 6) is 0.244. The molecule has 188 valence electrons. The zero-order chi connectivity index (χ0) is 25.1. The van der Waals surface area contributed by atoms with E-state index in [1.165, 1.54) is 10.8 Å². The van der Waals surface area contributed by atoms with Gasteiger partial charge in [-0.3, -0.25) is 19.1 Å². The Morgan fingerprint density at radius 2 is 2.00 bits per heavy atom. The Labute approximate surface area is 204 Å². The number of hydrogen-bond acceptors (Lipinski definition) is 8. The Bertz CT molecular complexity index is 1020. The molecule has 1 aromatic heterocycles. The van der Waals surface area contributed by atoms with Gasteiger partial charge in [-0.15, -0.1) is 0 Å². The summed E-state index contributed by atoms with van der Waals surface area (Å²) in [6.07, 6.45) is 1.19. The van der Waals surface area contributed by atoms with Crippen LogP contribution in [0.5, 0.6) is 5.75 Å². The summed E-state index contributed by atoms with van der Waals surface area (Å²) in [7, 11) is -1.41. The zero-order valence-corrected chi connectivity index (χ0v) is 21.3. The first-order chi connectivity index (χ1) is 16.4. The second-order valence-electron chi connectivity index (χ2n) is 6.92. The number of carbonyl (C=O) groups is 1. The lowest BCUT2D eigenvalue weighted by atomic mass is 10.3. The Kier molecular flexibility index (Phi) is 11.7. The van der Waals surface area contributed by atoms with Crippen molar-refractivity contribution in [2.24, 2.45) is 0 Å². The highest BCUT2D eigenvalue weighted by Gasteiger charge is 2.30. The van der Waals surface area contributed by atoms with Crippen molar-refractivity contribution in [2.75, 3.05) is 13.0 Å². The Hall–Kier alpha value is -2.23. The summed E-state index contributed by atoms with van der Waals surface area (Å²) in [6, 6.07) is 8.58. The number of H-pyrrole nitrogens is 1. The van der Waals surface area contributed by atoms with Crippen LogP contribution in [0, 0.1) is 0 Å². The molecule has 2 N–H and O–H groups in total. The molecule has 1 aliphatic rings. The van der Waals surface area contributed by atoms with Crippen LogP contribution >= 0.6 is 19.9 Å². The molecule has 1 aliphatic heterocycles. The van der Waals surface area contributed by atoms with Gasteiger partial charge in [-0.25, -0.2) is 9.88 Å². The standard InChI is InChI=1S/C20H25ClN3O7P.C2H6/c1-3-28-19(26)13(2)23-32(31-14-7-5-4-6-8-14)12-29-17-10-9-16(30-17)24-11-15(21)18(25)22-20(24)27;1-2/h4-8,11,13,16-17,23H,3,9-10,12H2,1-2H3,(H,22,25,27);1-2H3. The average molecular weight is 516 g/mol. The second kappa shape index (κ2) is 14.2. The molecule has 0 radical (unpaired) electrons. The van der Waals surface area contributed by atoms with Crippen molar-refractivity contribution < 1.29 is 23.5 Å². The van der Waals surface area contributed by atoms with Gasteiger partial charge < -0.3 is 18.7 Å². The maximum Gasteiger partial charge on any atom is 0.330 e. The Morgan fingerprint density at radius 1 is 1.29 bits per heavy atom. The zero-order valence-electron chi connectivity index (χ0n) is 19.7. The van der Waals surface area contributed by atoms with Gasteiger partial charge in [-0.05, 0) is 32.4 Å². The fraction of sp³-hybridized carbons (Fsp3) is 0.500. The predicted octanol–water partition coefficient (Wildman–Crippen LogP) is 3.76. The van der Waals surface area contributed by atoms with E-state index in [1.54, 1.807) is 26.0 Å². The van der Waals surface area contributed by atoms with Gasteiger partial charge in [0.25, 0.3) is 5.56 Å². The fourth-order valence-corrected chi connectivity index (χ4v) is 4.52. The minimum atomic E-state index is -1.41. The lowest BCUT2D eigenvalue weighted by molar-refractivity contribution is -0.144. The molecule has 4 unspecified atom stereocenters. The Morgan fingerprint density at radius 3 is 2.68 bits per heavy atom. The van der Waals surface area contributed by atoms with Crippen LogP contribution in [-0.2, 0) is 19.0 Å². The maximum atomic E-state index is 12.1. The quantitative estimate of drug-likeness (QED) is 0.362. The molecule has 10 nitrogen and oxygen atoms in total. The smallest absolute Gasteiger partial charge is 0.330 e. The van der Waals surface area contributed by atoms with Gasteiger partial charge in [0.1, 0.15) is 29.4 Å². The molecule has 4 atom stereocenters. The topological polar surface area (TPSA) is 121 Å². The molecule has 1 aromatic carbocycles. The highest BCUT2D eigenvalue weighted by atomic mass is 35.5. The summed E-state index contributed by atoms with van der Waals surface area (Å²) in [5, 5.41) is 3.01. The molecule has 2 aromatic rings. The molecule has 0 amide bonds. The van der Waals surface area contributed by atoms with Crippen molar-refractivity contribution >= 4 is 25.9 Å². The van der Waals surface area contributed by atoms with Crippen molar-refractivity contribution in [1.82, 2.24) is 14.6 Å². The summed E-state index contributed by atoms with van der Waals surface area (Å²) in [5.41, 5.74) is -1.26. The largest absolute Gasteiger partial charge is 0.465 e. The number of benzene rings is 1. The molecule has 12 heteroatoms. The van der Waals surface area contributed by atoms with E-state index in [0.29, 0.717) is 18.6 Å². The third-order valence-corrected chi connectivity index (χ3v) is 6.27. The van der Waals surface area contributed by atoms with Crippen molar-refractivity contribution in [3.63, 3.8) is 0 Å². The van der Waals surface area contributed by atoms with Crippen LogP contribution in [0.1, 0.15) is 46.8 Å². The van der Waals surface area contributed by atoms with Crippen LogP contribution in [-0.4, -0.2) is 40.8 Å². The van der Waals surface area contributed by atoms with Crippen molar-refractivity contribution in [1.29, 1.82) is 0 Å². The minimum absolute atomic E-state index is 0.102. The highest BCUT2D eigenvalue weighted by molar-refractivity contribution is 7.50. The summed E-state index contributed by atoms with van der Waals surface area (Å²) in [4.78, 5) is 37.7. The molecule has 0 spiro atoms. The van der Waals surface area contributed by atoms with Crippen molar-refractivity contribution in [3.05, 3.63) is 62.4 Å². The number of hydrogen-bond donors (Lipinski definition) is 2. The van der Waals surface area contributed by atoms with E-state index in [9.17, 15) is 14.4 Å². The van der Waals surface area contributed by atoms with Gasteiger partial charge in [-0.1, -0.05) is 43.6 Å². The van der Waals surface area contributed by atoms with Gasteiger partial charge in [0.05, 0.1) is 6.61 Å². The van der Waals surface area contributed by atoms with E-state index >= 15 is 0 Å². The molecule has 0 bridgehead atoms. The first kappa shape index (κ1) is 28.0. The van der Waals surface area contributed by atoms with E-state index in [-0.39, 0.29) is 23.9 Å². The van der Waals surface area contributed by atoms with E-state index in [0.717, 1.165) is 0 Å². The Balaban J connectivity index is 0.00000199. The predicted molar refractivity (Wildman–Crippen MR) is 130 cm³/mol.